The Morgan fingerprint density at radius 1 is 1.09 bits per heavy atom. The smallest absolute Gasteiger partial charge is 0.338 e. The number of Topliss-reactive ketones (excluding diaryl/α,β-unsaturated/α-hetero) is 1. The van der Waals surface area contributed by atoms with Crippen molar-refractivity contribution in [1.29, 1.82) is 0 Å². The number of amides is 1. The molecule has 0 unspecified atom stereocenters. The molecule has 13 heteroatoms. The van der Waals surface area contributed by atoms with E-state index in [1.54, 1.807) is 41.5 Å². The van der Waals surface area contributed by atoms with E-state index in [4.69, 9.17) is 14.2 Å². The SMILES string of the molecule is CC(=O)N[C@@H](C=C(C)C)[C@@H](O)C(=O)O[C@H]1C[C@@]2(O)[C@@H](OC(C)=O)[C@H]3[C@](C)(CC(=O)C(=C1C)C2(C)C)[C@@H](O)C[C@H]1OC[C@]13O.[Ac]. The Balaban J connectivity index is 0.00000529. The van der Waals surface area contributed by atoms with E-state index >= 15 is 0 Å². The van der Waals surface area contributed by atoms with Crippen LogP contribution >= 0.6 is 0 Å². The molecule has 1 amide bonds. The third-order valence-electron chi connectivity index (χ3n) is 10.2. The van der Waals surface area contributed by atoms with Gasteiger partial charge in [0, 0.05) is 99.5 Å². The number of rotatable bonds is 6. The molecule has 0 aromatic heterocycles. The molecule has 2 bridgehead atoms. The molecule has 0 spiro atoms. The third kappa shape index (κ3) is 6.00. The predicted molar refractivity (Wildman–Crippen MR) is 151 cm³/mol. The van der Waals surface area contributed by atoms with Gasteiger partial charge in [-0.25, -0.2) is 4.79 Å². The van der Waals surface area contributed by atoms with Gasteiger partial charge in [-0.2, -0.15) is 0 Å². The minimum Gasteiger partial charge on any atom is -0.459 e. The Hall–Kier alpha value is -1.20. The van der Waals surface area contributed by atoms with Gasteiger partial charge in [-0.05, 0) is 26.3 Å². The van der Waals surface area contributed by atoms with E-state index in [9.17, 15) is 39.6 Å². The van der Waals surface area contributed by atoms with E-state index in [1.807, 2.05) is 0 Å². The van der Waals surface area contributed by atoms with Crippen molar-refractivity contribution in [1.82, 2.24) is 5.32 Å². The van der Waals surface area contributed by atoms with Crippen LogP contribution in [0.2, 0.25) is 0 Å². The molecular weight excluding hydrogens is 789 g/mol. The fraction of sp³-hybridized carbons (Fsp3) is 0.742. The van der Waals surface area contributed by atoms with E-state index < -0.39 is 88.1 Å². The first-order chi connectivity index (χ1) is 19.7. The maximum absolute atomic E-state index is 14.2. The fourth-order valence-electron chi connectivity index (χ4n) is 7.97. The monoisotopic (exact) mass is 834 g/mol. The van der Waals surface area contributed by atoms with Gasteiger partial charge >= 0.3 is 11.9 Å². The number of aliphatic hydroxyl groups excluding tert-OH is 2. The first kappa shape index (κ1) is 37.3. The number of hydrogen-bond donors (Lipinski definition) is 5. The summed E-state index contributed by atoms with van der Waals surface area (Å²) in [7, 11) is 0. The molecule has 1 heterocycles. The molecule has 5 N–H and O–H groups in total. The Morgan fingerprint density at radius 3 is 2.20 bits per heavy atom. The van der Waals surface area contributed by atoms with Crippen LogP contribution in [0.1, 0.15) is 74.7 Å². The number of carbonyl (C=O) groups excluding carboxylic acids is 4. The number of fused-ring (bicyclic) bond motifs is 5. The van der Waals surface area contributed by atoms with Crippen molar-refractivity contribution in [3.05, 3.63) is 22.8 Å². The van der Waals surface area contributed by atoms with Crippen LogP contribution in [0.15, 0.2) is 22.8 Å². The third-order valence-corrected chi connectivity index (χ3v) is 10.2. The zero-order chi connectivity index (χ0) is 32.4. The summed E-state index contributed by atoms with van der Waals surface area (Å²) in [6.45, 7) is 12.2. The maximum Gasteiger partial charge on any atom is 0.338 e. The fourth-order valence-corrected chi connectivity index (χ4v) is 7.97. The minimum absolute atomic E-state index is 0. The number of hydrogen-bond acceptors (Lipinski definition) is 11. The molecule has 243 valence electrons. The van der Waals surface area contributed by atoms with Crippen LogP contribution in [0.3, 0.4) is 0 Å². The second-order valence-electron chi connectivity index (χ2n) is 13.8. The first-order valence-electron chi connectivity index (χ1n) is 14.7. The predicted octanol–water partition coefficient (Wildman–Crippen LogP) is 0.629. The first-order valence-corrected chi connectivity index (χ1v) is 14.7. The molecule has 44 heavy (non-hydrogen) atoms. The Labute approximate surface area is 293 Å². The van der Waals surface area contributed by atoms with Crippen molar-refractivity contribution in [2.24, 2.45) is 16.7 Å². The van der Waals surface area contributed by atoms with Gasteiger partial charge in [0.05, 0.1) is 24.9 Å². The van der Waals surface area contributed by atoms with Crippen molar-refractivity contribution in [3.63, 3.8) is 0 Å². The molecule has 1 saturated heterocycles. The standard InChI is InChI=1S/C31H45NO11.Ac/c1-14(2)9-18(32-16(4)33)24(37)27(38)43-20-12-31(40)26(42-17(5)34)25-29(8,21(36)10-22-30(25,39)13-41-22)11-19(35)23(15(20)3)28(31,6)7;/h9,18,20-22,24-26,36-37,39-40H,10-13H2,1-8H3,(H,32,33);/t18-,20-,21-,22+,24+,25-,26-,29+,30-,31+;/m0./s1. The van der Waals surface area contributed by atoms with Crippen LogP contribution in [-0.4, -0.2) is 98.4 Å². The van der Waals surface area contributed by atoms with Crippen molar-refractivity contribution in [3.8, 4) is 0 Å². The molecule has 4 rings (SSSR count). The Bertz CT molecular complexity index is 1270. The van der Waals surface area contributed by atoms with Crippen LogP contribution in [0.5, 0.6) is 0 Å². The number of aliphatic hydroxyl groups is 4. The molecular formula is C31H45AcNO11. The maximum atomic E-state index is 14.2. The van der Waals surface area contributed by atoms with Gasteiger partial charge in [0.1, 0.15) is 23.4 Å². The van der Waals surface area contributed by atoms with Crippen LogP contribution in [0.25, 0.3) is 0 Å². The van der Waals surface area contributed by atoms with Gasteiger partial charge < -0.3 is 40.0 Å². The van der Waals surface area contributed by atoms with Gasteiger partial charge in [-0.15, -0.1) is 0 Å². The van der Waals surface area contributed by atoms with Gasteiger partial charge in [0.2, 0.25) is 5.91 Å². The molecule has 0 aromatic rings. The summed E-state index contributed by atoms with van der Waals surface area (Å²) in [4.78, 5) is 51.8. The zero-order valence-electron chi connectivity index (χ0n) is 26.7. The molecule has 2 saturated carbocycles. The van der Waals surface area contributed by atoms with E-state index in [1.165, 1.54) is 19.9 Å². The average molecular weight is 835 g/mol. The molecule has 4 aliphatic rings. The summed E-state index contributed by atoms with van der Waals surface area (Å²) in [6, 6.07) is -1.10. The number of esters is 2. The van der Waals surface area contributed by atoms with E-state index in [-0.39, 0.29) is 75.5 Å². The number of nitrogens with one attached hydrogen (secondary N) is 1. The van der Waals surface area contributed by atoms with Gasteiger partial charge in [-0.1, -0.05) is 32.4 Å². The Morgan fingerprint density at radius 2 is 1.70 bits per heavy atom. The number of ether oxygens (including phenoxy) is 3. The van der Waals surface area contributed by atoms with Gasteiger partial charge in [0.25, 0.3) is 0 Å². The quantitative estimate of drug-likeness (QED) is 0.187. The minimum atomic E-state index is -2.09. The zero-order valence-corrected chi connectivity index (χ0v) is 31.4. The molecule has 12 nitrogen and oxygen atoms in total. The molecule has 1 aliphatic heterocycles. The number of allylic oxidation sites excluding steroid dienone is 1. The van der Waals surface area contributed by atoms with E-state index in [0.29, 0.717) is 5.57 Å². The normalized spacial score (nSPS) is 38.5. The largest absolute Gasteiger partial charge is 0.459 e. The number of ketones is 1. The molecule has 10 atom stereocenters. The van der Waals surface area contributed by atoms with E-state index in [0.717, 1.165) is 5.57 Å². The van der Waals surface area contributed by atoms with E-state index in [2.05, 4.69) is 5.32 Å². The van der Waals surface area contributed by atoms with Crippen LogP contribution < -0.4 is 5.32 Å². The Kier molecular flexibility index (Phi) is 10.8. The summed E-state index contributed by atoms with van der Waals surface area (Å²) >= 11 is 0. The summed E-state index contributed by atoms with van der Waals surface area (Å²) < 4.78 is 17.2. The number of carbonyl (C=O) groups is 4. The van der Waals surface area contributed by atoms with Crippen molar-refractivity contribution >= 4 is 23.6 Å². The molecule has 1 radical (unpaired) electrons. The molecule has 0 aromatic carbocycles. The average Bonchev–Trinajstić information content (AvgIpc) is 2.86. The molecule has 3 aliphatic carbocycles. The van der Waals surface area contributed by atoms with Gasteiger partial charge in [-0.3, -0.25) is 14.4 Å². The van der Waals surface area contributed by atoms with Crippen molar-refractivity contribution < 1.29 is 97.9 Å². The van der Waals surface area contributed by atoms with Crippen LogP contribution in [-0.2, 0) is 33.4 Å². The van der Waals surface area contributed by atoms with Gasteiger partial charge in [0.15, 0.2) is 11.9 Å². The second-order valence-corrected chi connectivity index (χ2v) is 13.8. The summed E-state index contributed by atoms with van der Waals surface area (Å²) in [5, 5.41) is 49.3. The van der Waals surface area contributed by atoms with Crippen LogP contribution in [0.4, 0.5) is 0 Å². The van der Waals surface area contributed by atoms with Crippen LogP contribution in [0, 0.1) is 60.8 Å². The summed E-state index contributed by atoms with van der Waals surface area (Å²) in [6.07, 6.45) is -5.44. The van der Waals surface area contributed by atoms with Crippen molar-refractivity contribution in [2.75, 3.05) is 6.61 Å². The molecule has 3 fully saturated rings. The summed E-state index contributed by atoms with van der Waals surface area (Å²) in [5.74, 6) is -3.87. The topological polar surface area (TPSA) is 189 Å². The summed E-state index contributed by atoms with van der Waals surface area (Å²) in [5.41, 5.74) is -5.16. The van der Waals surface area contributed by atoms with Crippen molar-refractivity contribution in [2.45, 2.75) is 122 Å². The second kappa shape index (κ2) is 12.8.